The fourth-order valence-corrected chi connectivity index (χ4v) is 2.62. The van der Waals surface area contributed by atoms with Crippen molar-refractivity contribution in [3.63, 3.8) is 0 Å². The lowest BCUT2D eigenvalue weighted by molar-refractivity contribution is 0.251. The highest BCUT2D eigenvalue weighted by atomic mass is 79.9. The monoisotopic (exact) mass is 351 g/mol. The Hall–Kier alpha value is -1.49. The third-order valence-electron chi connectivity index (χ3n) is 3.31. The molecule has 2 N–H and O–H groups in total. The highest BCUT2D eigenvalue weighted by Crippen LogP contribution is 2.35. The maximum atomic E-state index is 5.88. The molecule has 0 fully saturated rings. The maximum absolute atomic E-state index is 5.88. The molecule has 2 rings (SSSR count). The fraction of sp³-hybridized carbons (Fsp3) is 0.438. The second-order valence-electron chi connectivity index (χ2n) is 4.96. The van der Waals surface area contributed by atoms with Crippen LogP contribution in [0.5, 0.6) is 0 Å². The summed E-state index contributed by atoms with van der Waals surface area (Å²) in [6, 6.07) is 6.66. The highest BCUT2D eigenvalue weighted by molar-refractivity contribution is 9.10. The summed E-state index contributed by atoms with van der Waals surface area (Å²) in [4.78, 5) is 6.72. The van der Waals surface area contributed by atoms with Crippen molar-refractivity contribution >= 4 is 33.3 Å². The van der Waals surface area contributed by atoms with Crippen molar-refractivity contribution in [2.24, 2.45) is 10.7 Å². The number of benzene rings is 1. The molecule has 0 atom stereocenters. The zero-order valence-electron chi connectivity index (χ0n) is 12.6. The van der Waals surface area contributed by atoms with Crippen LogP contribution in [0.25, 0.3) is 5.70 Å². The summed E-state index contributed by atoms with van der Waals surface area (Å²) in [6.07, 6.45) is 4.76. The van der Waals surface area contributed by atoms with E-state index in [1.807, 2.05) is 18.2 Å². The number of hydrogen-bond acceptors (Lipinski definition) is 4. The summed E-state index contributed by atoms with van der Waals surface area (Å²) >= 11 is 3.51. The van der Waals surface area contributed by atoms with Gasteiger partial charge >= 0.3 is 0 Å². The van der Waals surface area contributed by atoms with Crippen molar-refractivity contribution in [3.8, 4) is 0 Å². The summed E-state index contributed by atoms with van der Waals surface area (Å²) in [5.41, 5.74) is 8.76. The van der Waals surface area contributed by atoms with Gasteiger partial charge in [0.2, 0.25) is 0 Å². The van der Waals surface area contributed by atoms with Gasteiger partial charge in [0.1, 0.15) is 0 Å². The van der Waals surface area contributed by atoms with Gasteiger partial charge in [-0.05, 0) is 31.0 Å². The minimum atomic E-state index is 0.650. The van der Waals surface area contributed by atoms with Crippen molar-refractivity contribution in [2.75, 3.05) is 13.2 Å². The molecule has 0 aromatic heterocycles. The summed E-state index contributed by atoms with van der Waals surface area (Å²) in [6.45, 7) is 5.79. The van der Waals surface area contributed by atoms with E-state index in [9.17, 15) is 0 Å². The fourth-order valence-electron chi connectivity index (χ4n) is 2.26. The molecule has 1 aliphatic rings. The lowest BCUT2D eigenvalue weighted by Gasteiger charge is -2.31. The molecule has 0 bridgehead atoms. The summed E-state index contributed by atoms with van der Waals surface area (Å²) < 4.78 is 6.89. The summed E-state index contributed by atoms with van der Waals surface area (Å²) in [5, 5.41) is 0. The van der Waals surface area contributed by atoms with Crippen molar-refractivity contribution in [1.29, 1.82) is 0 Å². The lowest BCUT2D eigenvalue weighted by atomic mass is 10.1. The topological polar surface area (TPSA) is 50.9 Å². The van der Waals surface area contributed by atoms with E-state index in [0.29, 0.717) is 12.6 Å². The molecule has 4 nitrogen and oxygen atoms in total. The zero-order valence-corrected chi connectivity index (χ0v) is 14.2. The average Bonchev–Trinajstić information content (AvgIpc) is 2.48. The molecule has 0 amide bonds. The Morgan fingerprint density at radius 2 is 2.14 bits per heavy atom. The number of nitrogens with two attached hydrogens (primary N) is 1. The van der Waals surface area contributed by atoms with Crippen LogP contribution in [0, 0.1) is 0 Å². The van der Waals surface area contributed by atoms with Crippen LogP contribution >= 0.6 is 15.9 Å². The minimum Gasteiger partial charge on any atom is -0.465 e. The molecule has 1 aliphatic heterocycles. The van der Waals surface area contributed by atoms with Gasteiger partial charge in [-0.2, -0.15) is 4.99 Å². The first-order valence-corrected chi connectivity index (χ1v) is 8.21. The number of fused-ring (bicyclic) bond motifs is 1. The Bertz CT molecular complexity index is 554. The molecule has 0 saturated carbocycles. The Labute approximate surface area is 134 Å². The van der Waals surface area contributed by atoms with Gasteiger partial charge in [-0.1, -0.05) is 36.2 Å². The molecule has 21 heavy (non-hydrogen) atoms. The van der Waals surface area contributed by atoms with Gasteiger partial charge in [0.05, 0.1) is 18.0 Å². The van der Waals surface area contributed by atoms with Gasteiger partial charge in [-0.25, -0.2) is 0 Å². The SMILES string of the molecule is CCCCOC1=Nc2ccc(Br)cc2C(=CN)N1CCC. The van der Waals surface area contributed by atoms with Crippen LogP contribution in [-0.4, -0.2) is 24.1 Å². The predicted molar refractivity (Wildman–Crippen MR) is 91.3 cm³/mol. The summed E-state index contributed by atoms with van der Waals surface area (Å²) in [7, 11) is 0. The number of hydrogen-bond donors (Lipinski definition) is 1. The second kappa shape index (κ2) is 7.50. The number of amidine groups is 1. The van der Waals surface area contributed by atoms with Crippen molar-refractivity contribution in [1.82, 2.24) is 4.90 Å². The van der Waals surface area contributed by atoms with Crippen LogP contribution in [0.1, 0.15) is 38.7 Å². The smallest absolute Gasteiger partial charge is 0.297 e. The Morgan fingerprint density at radius 1 is 1.33 bits per heavy atom. The third-order valence-corrected chi connectivity index (χ3v) is 3.80. The summed E-state index contributed by atoms with van der Waals surface area (Å²) in [5.74, 6) is 0. The number of nitrogens with zero attached hydrogens (tertiary/aromatic N) is 2. The highest BCUT2D eigenvalue weighted by Gasteiger charge is 2.25. The van der Waals surface area contributed by atoms with E-state index >= 15 is 0 Å². The van der Waals surface area contributed by atoms with E-state index in [0.717, 1.165) is 47.2 Å². The van der Waals surface area contributed by atoms with Crippen LogP contribution in [0.15, 0.2) is 33.9 Å². The van der Waals surface area contributed by atoms with E-state index in [-0.39, 0.29) is 0 Å². The van der Waals surface area contributed by atoms with Crippen LogP contribution in [-0.2, 0) is 4.74 Å². The van der Waals surface area contributed by atoms with E-state index in [4.69, 9.17) is 10.5 Å². The first-order valence-electron chi connectivity index (χ1n) is 7.42. The first kappa shape index (κ1) is 15.9. The van der Waals surface area contributed by atoms with Gasteiger partial charge in [0.25, 0.3) is 6.02 Å². The van der Waals surface area contributed by atoms with Crippen LogP contribution < -0.4 is 5.73 Å². The van der Waals surface area contributed by atoms with E-state index < -0.39 is 0 Å². The largest absolute Gasteiger partial charge is 0.465 e. The van der Waals surface area contributed by atoms with Gasteiger partial charge in [-0.15, -0.1) is 0 Å². The average molecular weight is 352 g/mol. The molecule has 1 aromatic rings. The molecule has 0 spiro atoms. The molecule has 0 aliphatic carbocycles. The Morgan fingerprint density at radius 3 is 2.81 bits per heavy atom. The Kier molecular flexibility index (Phi) is 5.67. The third kappa shape index (κ3) is 3.59. The zero-order chi connectivity index (χ0) is 15.2. The normalized spacial score (nSPS) is 15.9. The number of ether oxygens (including phenoxy) is 1. The van der Waals surface area contributed by atoms with Gasteiger partial charge in [-0.3, -0.25) is 4.90 Å². The lowest BCUT2D eigenvalue weighted by Crippen LogP contribution is -2.35. The number of aliphatic imine (C=N–C) groups is 1. The van der Waals surface area contributed by atoms with Crippen LogP contribution in [0.3, 0.4) is 0 Å². The predicted octanol–water partition coefficient (Wildman–Crippen LogP) is 4.24. The Balaban J connectivity index is 2.38. The maximum Gasteiger partial charge on any atom is 0.297 e. The molecular formula is C16H22BrN3O. The standard InChI is InChI=1S/C16H22BrN3O/c1-3-5-9-21-16-19-14-7-6-12(17)10-13(14)15(11-18)20(16)8-4-2/h6-7,10-11H,3-5,8-9,18H2,1-2H3. The van der Waals surface area contributed by atoms with Gasteiger partial charge in [0, 0.05) is 22.8 Å². The first-order chi connectivity index (χ1) is 10.2. The van der Waals surface area contributed by atoms with E-state index in [2.05, 4.69) is 39.7 Å². The molecule has 0 radical (unpaired) electrons. The van der Waals surface area contributed by atoms with Crippen LogP contribution in [0.2, 0.25) is 0 Å². The molecule has 5 heteroatoms. The van der Waals surface area contributed by atoms with E-state index in [1.165, 1.54) is 0 Å². The number of halogens is 1. The van der Waals surface area contributed by atoms with Crippen molar-refractivity contribution < 1.29 is 4.74 Å². The number of rotatable bonds is 5. The number of unbranched alkanes of at least 4 members (excludes halogenated alkanes) is 1. The second-order valence-corrected chi connectivity index (χ2v) is 5.88. The van der Waals surface area contributed by atoms with Gasteiger partial charge in [0.15, 0.2) is 0 Å². The van der Waals surface area contributed by atoms with Gasteiger partial charge < -0.3 is 10.5 Å². The quantitative estimate of drug-likeness (QED) is 0.807. The molecule has 0 unspecified atom stereocenters. The molecule has 114 valence electrons. The minimum absolute atomic E-state index is 0.650. The van der Waals surface area contributed by atoms with Crippen molar-refractivity contribution in [2.45, 2.75) is 33.1 Å². The van der Waals surface area contributed by atoms with Crippen molar-refractivity contribution in [3.05, 3.63) is 34.4 Å². The van der Waals surface area contributed by atoms with Crippen LogP contribution in [0.4, 0.5) is 5.69 Å². The van der Waals surface area contributed by atoms with E-state index in [1.54, 1.807) is 6.20 Å². The molecule has 1 aromatic carbocycles. The molecule has 1 heterocycles. The molecule has 0 saturated heterocycles. The molecular weight excluding hydrogens is 330 g/mol.